The second-order valence-electron chi connectivity index (χ2n) is 5.47. The summed E-state index contributed by atoms with van der Waals surface area (Å²) in [4.78, 5) is 33.7. The number of rotatable bonds is 1. The van der Waals surface area contributed by atoms with Crippen LogP contribution in [0.4, 0.5) is 10.5 Å². The van der Waals surface area contributed by atoms with Crippen LogP contribution in [0.1, 0.15) is 12.8 Å². The van der Waals surface area contributed by atoms with E-state index < -0.39 is 0 Å². The van der Waals surface area contributed by atoms with Crippen LogP contribution < -0.4 is 4.90 Å². The van der Waals surface area contributed by atoms with Crippen molar-refractivity contribution in [1.29, 1.82) is 0 Å². The van der Waals surface area contributed by atoms with Crippen LogP contribution >= 0.6 is 0 Å². The summed E-state index contributed by atoms with van der Waals surface area (Å²) in [6.45, 7) is 0.705. The van der Waals surface area contributed by atoms with Crippen LogP contribution in [0.5, 0.6) is 0 Å². The summed E-state index contributed by atoms with van der Waals surface area (Å²) in [7, 11) is 3.48. The van der Waals surface area contributed by atoms with Crippen molar-refractivity contribution in [3.05, 3.63) is 24.5 Å². The molecular weight excluding hydrogens is 256 g/mol. The molecule has 3 amide bonds. The van der Waals surface area contributed by atoms with Crippen molar-refractivity contribution in [2.75, 3.05) is 25.5 Å². The van der Waals surface area contributed by atoms with E-state index in [1.165, 1.54) is 0 Å². The molecule has 6 heteroatoms. The molecule has 2 aliphatic rings. The standard InChI is InChI=1S/C14H18N4O2/c1-16(2)14(20)17-7-5-11-12(17)8-13(19)18(11)10-4-3-6-15-9-10/h3-4,6,9,11-12H,5,7-8H2,1-2H3/t11-,12+/m1/s1. The molecule has 0 spiro atoms. The first-order chi connectivity index (χ1) is 9.59. The Labute approximate surface area is 118 Å². The lowest BCUT2D eigenvalue weighted by Crippen LogP contribution is -2.44. The van der Waals surface area contributed by atoms with E-state index in [9.17, 15) is 9.59 Å². The molecule has 1 aromatic rings. The third kappa shape index (κ3) is 1.92. The first-order valence-corrected chi connectivity index (χ1v) is 6.79. The molecule has 6 nitrogen and oxygen atoms in total. The van der Waals surface area contributed by atoms with Gasteiger partial charge in [0.05, 0.1) is 24.0 Å². The first-order valence-electron chi connectivity index (χ1n) is 6.79. The number of amides is 3. The Morgan fingerprint density at radius 3 is 2.85 bits per heavy atom. The molecule has 2 saturated heterocycles. The smallest absolute Gasteiger partial charge is 0.319 e. The number of anilines is 1. The lowest BCUT2D eigenvalue weighted by atomic mass is 10.1. The van der Waals surface area contributed by atoms with Crippen LogP contribution in [-0.4, -0.2) is 59.4 Å². The number of fused-ring (bicyclic) bond motifs is 1. The fraction of sp³-hybridized carbons (Fsp3) is 0.500. The number of pyridine rings is 1. The van der Waals surface area contributed by atoms with E-state index in [1.807, 2.05) is 17.0 Å². The van der Waals surface area contributed by atoms with Crippen molar-refractivity contribution in [2.45, 2.75) is 24.9 Å². The third-order valence-electron chi connectivity index (χ3n) is 4.05. The zero-order valence-electron chi connectivity index (χ0n) is 11.7. The number of nitrogens with zero attached hydrogens (tertiary/aromatic N) is 4. The molecule has 1 aromatic heterocycles. The summed E-state index contributed by atoms with van der Waals surface area (Å²) in [6, 6.07) is 3.77. The molecule has 2 atom stereocenters. The Balaban J connectivity index is 1.85. The SMILES string of the molecule is CN(C)C(=O)N1CC[C@@H]2[C@@H]1CC(=O)N2c1cccnc1. The molecule has 2 aliphatic heterocycles. The van der Waals surface area contributed by atoms with Gasteiger partial charge in [-0.3, -0.25) is 9.78 Å². The summed E-state index contributed by atoms with van der Waals surface area (Å²) >= 11 is 0. The number of hydrogen-bond acceptors (Lipinski definition) is 3. The van der Waals surface area contributed by atoms with E-state index in [0.717, 1.165) is 12.1 Å². The maximum atomic E-state index is 12.3. The van der Waals surface area contributed by atoms with Gasteiger partial charge in [0.25, 0.3) is 0 Å². The summed E-state index contributed by atoms with van der Waals surface area (Å²) in [5.74, 6) is 0.0734. The molecule has 2 fully saturated rings. The van der Waals surface area contributed by atoms with Gasteiger partial charge in [-0.2, -0.15) is 0 Å². The Hall–Kier alpha value is -2.11. The average Bonchev–Trinajstić information content (AvgIpc) is 2.96. The summed E-state index contributed by atoms with van der Waals surface area (Å²) in [6.07, 6.45) is 4.62. The molecule has 0 unspecified atom stereocenters. The van der Waals surface area contributed by atoms with Crippen molar-refractivity contribution in [3.8, 4) is 0 Å². The highest BCUT2D eigenvalue weighted by atomic mass is 16.2. The maximum Gasteiger partial charge on any atom is 0.319 e. The highest BCUT2D eigenvalue weighted by Gasteiger charge is 2.49. The van der Waals surface area contributed by atoms with Crippen molar-refractivity contribution in [2.24, 2.45) is 0 Å². The van der Waals surface area contributed by atoms with Gasteiger partial charge in [0, 0.05) is 33.3 Å². The number of carbonyl (C=O) groups excluding carboxylic acids is 2. The van der Waals surface area contributed by atoms with E-state index in [4.69, 9.17) is 0 Å². The van der Waals surface area contributed by atoms with Gasteiger partial charge in [-0.05, 0) is 18.6 Å². The molecule has 3 rings (SSSR count). The van der Waals surface area contributed by atoms with Gasteiger partial charge in [-0.25, -0.2) is 4.79 Å². The number of carbonyl (C=O) groups is 2. The van der Waals surface area contributed by atoms with E-state index in [-0.39, 0.29) is 24.0 Å². The van der Waals surface area contributed by atoms with E-state index in [1.54, 1.807) is 36.3 Å². The Bertz CT molecular complexity index is 531. The summed E-state index contributed by atoms with van der Waals surface area (Å²) < 4.78 is 0. The second kappa shape index (κ2) is 4.77. The monoisotopic (exact) mass is 274 g/mol. The van der Waals surface area contributed by atoms with E-state index in [2.05, 4.69) is 4.98 Å². The number of urea groups is 1. The Morgan fingerprint density at radius 1 is 1.40 bits per heavy atom. The second-order valence-corrected chi connectivity index (χ2v) is 5.47. The number of aromatic nitrogens is 1. The van der Waals surface area contributed by atoms with Gasteiger partial charge in [-0.1, -0.05) is 0 Å². The molecule has 3 heterocycles. The lowest BCUT2D eigenvalue weighted by Gasteiger charge is -2.27. The lowest BCUT2D eigenvalue weighted by molar-refractivity contribution is -0.117. The Kier molecular flexibility index (Phi) is 3.08. The quantitative estimate of drug-likeness (QED) is 0.766. The zero-order valence-corrected chi connectivity index (χ0v) is 11.7. The highest BCUT2D eigenvalue weighted by molar-refractivity contribution is 5.98. The van der Waals surface area contributed by atoms with Crippen molar-refractivity contribution in [3.63, 3.8) is 0 Å². The topological polar surface area (TPSA) is 56.8 Å². The van der Waals surface area contributed by atoms with Gasteiger partial charge in [0.15, 0.2) is 0 Å². The molecule has 0 aromatic carbocycles. The van der Waals surface area contributed by atoms with Gasteiger partial charge < -0.3 is 14.7 Å². The van der Waals surface area contributed by atoms with Crippen LogP contribution in [-0.2, 0) is 4.79 Å². The summed E-state index contributed by atoms with van der Waals surface area (Å²) in [5, 5.41) is 0. The van der Waals surface area contributed by atoms with Crippen molar-refractivity contribution >= 4 is 17.6 Å². The van der Waals surface area contributed by atoms with E-state index in [0.29, 0.717) is 13.0 Å². The van der Waals surface area contributed by atoms with Crippen molar-refractivity contribution < 1.29 is 9.59 Å². The van der Waals surface area contributed by atoms with Crippen LogP contribution in [0.2, 0.25) is 0 Å². The van der Waals surface area contributed by atoms with Crippen LogP contribution in [0, 0.1) is 0 Å². The minimum atomic E-state index is -0.0161. The highest BCUT2D eigenvalue weighted by Crippen LogP contribution is 2.35. The number of likely N-dealkylation sites (tertiary alicyclic amines) is 1. The molecule has 0 saturated carbocycles. The molecule has 20 heavy (non-hydrogen) atoms. The molecule has 0 N–H and O–H groups in total. The third-order valence-corrected chi connectivity index (χ3v) is 4.05. The van der Waals surface area contributed by atoms with Gasteiger partial charge >= 0.3 is 6.03 Å². The maximum absolute atomic E-state index is 12.3. The van der Waals surface area contributed by atoms with Gasteiger partial charge in [0.1, 0.15) is 0 Å². The molecule has 0 radical (unpaired) electrons. The van der Waals surface area contributed by atoms with E-state index >= 15 is 0 Å². The first kappa shape index (κ1) is 12.9. The summed E-state index contributed by atoms with van der Waals surface area (Å²) in [5.41, 5.74) is 0.823. The fourth-order valence-electron chi connectivity index (χ4n) is 3.17. The van der Waals surface area contributed by atoms with Gasteiger partial charge in [0.2, 0.25) is 5.91 Å². The predicted octanol–water partition coefficient (Wildman–Crippen LogP) is 0.943. The zero-order chi connectivity index (χ0) is 14.3. The minimum absolute atomic E-state index is 0.0154. The number of hydrogen-bond donors (Lipinski definition) is 0. The molecule has 106 valence electrons. The normalized spacial score (nSPS) is 25.0. The largest absolute Gasteiger partial charge is 0.331 e. The molecule has 0 bridgehead atoms. The van der Waals surface area contributed by atoms with Crippen molar-refractivity contribution in [1.82, 2.24) is 14.8 Å². The van der Waals surface area contributed by atoms with Crippen LogP contribution in [0.3, 0.4) is 0 Å². The Morgan fingerprint density at radius 2 is 2.20 bits per heavy atom. The molecular formula is C14H18N4O2. The van der Waals surface area contributed by atoms with Gasteiger partial charge in [-0.15, -0.1) is 0 Å². The van der Waals surface area contributed by atoms with Crippen LogP contribution in [0.25, 0.3) is 0 Å². The predicted molar refractivity (Wildman–Crippen MR) is 74.3 cm³/mol. The fourth-order valence-corrected chi connectivity index (χ4v) is 3.17. The minimum Gasteiger partial charge on any atom is -0.331 e. The van der Waals surface area contributed by atoms with Crippen LogP contribution in [0.15, 0.2) is 24.5 Å². The average molecular weight is 274 g/mol. The molecule has 0 aliphatic carbocycles.